The highest BCUT2D eigenvalue weighted by atomic mass is 16.3. The van der Waals surface area contributed by atoms with Gasteiger partial charge < -0.3 is 10.4 Å². The number of carbonyl (C=O) groups excluding carboxylic acids is 1. The number of hydrogen-bond donors (Lipinski definition) is 2. The molecule has 1 aliphatic heterocycles. The Labute approximate surface area is 194 Å². The van der Waals surface area contributed by atoms with Gasteiger partial charge >= 0.3 is 0 Å². The van der Waals surface area contributed by atoms with Gasteiger partial charge in [-0.3, -0.25) is 9.69 Å². The molecule has 4 heteroatoms. The minimum absolute atomic E-state index is 0.131. The summed E-state index contributed by atoms with van der Waals surface area (Å²) in [6, 6.07) is 27.3. The Morgan fingerprint density at radius 1 is 0.848 bits per heavy atom. The van der Waals surface area contributed by atoms with E-state index in [9.17, 15) is 9.90 Å². The van der Waals surface area contributed by atoms with E-state index in [1.54, 1.807) is 12.1 Å². The number of likely N-dealkylation sites (tertiary alicyclic amines) is 1. The summed E-state index contributed by atoms with van der Waals surface area (Å²) in [7, 11) is 0. The summed E-state index contributed by atoms with van der Waals surface area (Å²) in [4.78, 5) is 15.6. The van der Waals surface area contributed by atoms with Crippen molar-refractivity contribution in [2.75, 3.05) is 18.4 Å². The molecule has 1 heterocycles. The zero-order valence-electron chi connectivity index (χ0n) is 18.6. The van der Waals surface area contributed by atoms with E-state index in [4.69, 9.17) is 0 Å². The van der Waals surface area contributed by atoms with E-state index in [2.05, 4.69) is 40.5 Å². The highest BCUT2D eigenvalue weighted by molar-refractivity contribution is 6.06. The zero-order valence-corrected chi connectivity index (χ0v) is 18.6. The molecule has 1 fully saturated rings. The van der Waals surface area contributed by atoms with Crippen molar-refractivity contribution in [2.24, 2.45) is 0 Å². The zero-order chi connectivity index (χ0) is 22.6. The first kappa shape index (κ1) is 21.2. The van der Waals surface area contributed by atoms with Crippen LogP contribution in [-0.4, -0.2) is 29.0 Å². The van der Waals surface area contributed by atoms with Gasteiger partial charge in [-0.1, -0.05) is 55.0 Å². The Morgan fingerprint density at radius 2 is 1.67 bits per heavy atom. The normalized spacial score (nSPS) is 14.3. The molecule has 1 amide bonds. The average molecular weight is 437 g/mol. The summed E-state index contributed by atoms with van der Waals surface area (Å²) in [5, 5.41) is 14.7. The summed E-state index contributed by atoms with van der Waals surface area (Å²) in [6.45, 7) is 3.06. The van der Waals surface area contributed by atoms with Gasteiger partial charge in [-0.2, -0.15) is 0 Å². The smallest absolute Gasteiger partial charge is 0.255 e. The Morgan fingerprint density at radius 3 is 2.48 bits per heavy atom. The first-order valence-electron chi connectivity index (χ1n) is 11.6. The largest absolute Gasteiger partial charge is 0.507 e. The van der Waals surface area contributed by atoms with Crippen LogP contribution in [0.25, 0.3) is 21.9 Å². The third-order valence-corrected chi connectivity index (χ3v) is 6.41. The number of piperidine rings is 1. The lowest BCUT2D eigenvalue weighted by molar-refractivity contribution is 0.102. The molecule has 0 aliphatic carbocycles. The topological polar surface area (TPSA) is 52.6 Å². The maximum Gasteiger partial charge on any atom is 0.255 e. The maximum atomic E-state index is 13.1. The van der Waals surface area contributed by atoms with Crippen molar-refractivity contribution in [1.29, 1.82) is 0 Å². The molecule has 4 nitrogen and oxygen atoms in total. The lowest BCUT2D eigenvalue weighted by Gasteiger charge is -2.27. The molecule has 2 N–H and O–H groups in total. The third-order valence-electron chi connectivity index (χ3n) is 6.41. The van der Waals surface area contributed by atoms with Crippen molar-refractivity contribution >= 4 is 22.4 Å². The lowest BCUT2D eigenvalue weighted by Crippen LogP contribution is -2.29. The molecule has 33 heavy (non-hydrogen) atoms. The standard InChI is InChI=1S/C29H28N2O2/c32-28-11-7-10-22-19-25(13-15-27(22)28)30-29(33)23-12-14-26(21-8-3-1-4-9-21)24(18-23)20-31-16-5-2-6-17-31/h1,3-4,7-15,18-19,32H,2,5-6,16-17,20H2,(H,30,33). The predicted octanol–water partition coefficient (Wildman–Crippen LogP) is 6.45. The van der Waals surface area contributed by atoms with Gasteiger partial charge in [0.2, 0.25) is 0 Å². The number of aromatic hydroxyl groups is 1. The van der Waals surface area contributed by atoms with E-state index in [1.165, 1.54) is 36.0 Å². The fourth-order valence-corrected chi connectivity index (χ4v) is 4.67. The third kappa shape index (κ3) is 4.76. The van der Waals surface area contributed by atoms with Crippen molar-refractivity contribution in [3.8, 4) is 16.9 Å². The number of hydrogen-bond acceptors (Lipinski definition) is 3. The molecule has 0 spiro atoms. The van der Waals surface area contributed by atoms with Gasteiger partial charge in [0.15, 0.2) is 0 Å². The number of benzene rings is 4. The highest BCUT2D eigenvalue weighted by Gasteiger charge is 2.16. The summed E-state index contributed by atoms with van der Waals surface area (Å²) in [5.74, 6) is 0.109. The van der Waals surface area contributed by atoms with E-state index < -0.39 is 0 Å². The van der Waals surface area contributed by atoms with Crippen molar-refractivity contribution in [3.05, 3.63) is 96.1 Å². The van der Waals surface area contributed by atoms with Gasteiger partial charge in [0, 0.05) is 23.2 Å². The molecule has 1 aliphatic rings. The Bertz CT molecular complexity index is 1280. The summed E-state index contributed by atoms with van der Waals surface area (Å²) >= 11 is 0. The van der Waals surface area contributed by atoms with Gasteiger partial charge in [0.1, 0.15) is 5.75 Å². The number of carbonyl (C=O) groups is 1. The van der Waals surface area contributed by atoms with Gasteiger partial charge in [-0.15, -0.1) is 0 Å². The fraction of sp³-hybridized carbons (Fsp3) is 0.207. The quantitative estimate of drug-likeness (QED) is 0.378. The minimum Gasteiger partial charge on any atom is -0.507 e. The molecule has 0 radical (unpaired) electrons. The maximum absolute atomic E-state index is 13.1. The SMILES string of the molecule is O=C(Nc1ccc2c(O)cccc2c1)c1ccc(-c2ccccc2)c(CN2CCCCC2)c1. The number of fused-ring (bicyclic) bond motifs is 1. The van der Waals surface area contributed by atoms with Crippen LogP contribution in [0.1, 0.15) is 35.2 Å². The van der Waals surface area contributed by atoms with E-state index in [0.29, 0.717) is 11.3 Å². The molecule has 0 saturated carbocycles. The van der Waals surface area contributed by atoms with Crippen molar-refractivity contribution in [2.45, 2.75) is 25.8 Å². The number of rotatable bonds is 5. The fourth-order valence-electron chi connectivity index (χ4n) is 4.67. The molecule has 1 saturated heterocycles. The molecule has 166 valence electrons. The molecule has 4 aromatic rings. The number of amides is 1. The molecule has 0 aromatic heterocycles. The Kier molecular flexibility index (Phi) is 6.09. The van der Waals surface area contributed by atoms with E-state index in [1.807, 2.05) is 42.5 Å². The Balaban J connectivity index is 1.43. The first-order valence-corrected chi connectivity index (χ1v) is 11.6. The number of anilines is 1. The second kappa shape index (κ2) is 9.47. The molecule has 5 rings (SSSR count). The Hall–Kier alpha value is -3.63. The van der Waals surface area contributed by atoms with Crippen LogP contribution in [0.5, 0.6) is 5.75 Å². The molecule has 0 unspecified atom stereocenters. The van der Waals surface area contributed by atoms with Crippen LogP contribution in [0, 0.1) is 0 Å². The van der Waals surface area contributed by atoms with Gasteiger partial charge in [-0.05, 0) is 84.4 Å². The molecular formula is C29H28N2O2. The van der Waals surface area contributed by atoms with E-state index in [-0.39, 0.29) is 11.7 Å². The highest BCUT2D eigenvalue weighted by Crippen LogP contribution is 2.29. The number of phenols is 1. The minimum atomic E-state index is -0.131. The molecular weight excluding hydrogens is 408 g/mol. The van der Waals surface area contributed by atoms with Crippen LogP contribution in [-0.2, 0) is 6.54 Å². The van der Waals surface area contributed by atoms with Crippen molar-refractivity contribution in [1.82, 2.24) is 4.90 Å². The van der Waals surface area contributed by atoms with E-state index >= 15 is 0 Å². The van der Waals surface area contributed by atoms with Crippen LogP contribution in [0.15, 0.2) is 84.9 Å². The van der Waals surface area contributed by atoms with Crippen LogP contribution in [0.2, 0.25) is 0 Å². The number of phenolic OH excluding ortho intramolecular Hbond substituents is 1. The predicted molar refractivity (Wildman–Crippen MR) is 135 cm³/mol. The van der Waals surface area contributed by atoms with Crippen molar-refractivity contribution < 1.29 is 9.90 Å². The summed E-state index contributed by atoms with van der Waals surface area (Å²) in [5.41, 5.74) is 4.89. The lowest BCUT2D eigenvalue weighted by atomic mass is 9.96. The molecule has 0 atom stereocenters. The molecule has 4 aromatic carbocycles. The van der Waals surface area contributed by atoms with Crippen LogP contribution >= 0.6 is 0 Å². The number of nitrogens with one attached hydrogen (secondary N) is 1. The first-order chi connectivity index (χ1) is 16.2. The summed E-state index contributed by atoms with van der Waals surface area (Å²) < 4.78 is 0. The monoisotopic (exact) mass is 436 g/mol. The van der Waals surface area contributed by atoms with E-state index in [0.717, 1.165) is 30.4 Å². The second-order valence-corrected chi connectivity index (χ2v) is 8.74. The van der Waals surface area contributed by atoms with Crippen molar-refractivity contribution in [3.63, 3.8) is 0 Å². The van der Waals surface area contributed by atoms with Crippen LogP contribution < -0.4 is 5.32 Å². The average Bonchev–Trinajstić information content (AvgIpc) is 2.85. The second-order valence-electron chi connectivity index (χ2n) is 8.74. The summed E-state index contributed by atoms with van der Waals surface area (Å²) in [6.07, 6.45) is 3.77. The molecule has 0 bridgehead atoms. The van der Waals surface area contributed by atoms with Crippen LogP contribution in [0.3, 0.4) is 0 Å². The van der Waals surface area contributed by atoms with Crippen LogP contribution in [0.4, 0.5) is 5.69 Å². The van der Waals surface area contributed by atoms with Gasteiger partial charge in [0.05, 0.1) is 0 Å². The number of nitrogens with zero attached hydrogens (tertiary/aromatic N) is 1. The van der Waals surface area contributed by atoms with Gasteiger partial charge in [0.25, 0.3) is 5.91 Å². The van der Waals surface area contributed by atoms with Gasteiger partial charge in [-0.25, -0.2) is 0 Å².